The summed E-state index contributed by atoms with van der Waals surface area (Å²) in [5, 5.41) is 8.49. The van der Waals surface area contributed by atoms with Crippen molar-refractivity contribution in [2.45, 2.75) is 13.0 Å². The van der Waals surface area contributed by atoms with E-state index in [-0.39, 0.29) is 6.10 Å². The van der Waals surface area contributed by atoms with Crippen LogP contribution in [0.25, 0.3) is 0 Å². The van der Waals surface area contributed by atoms with E-state index in [4.69, 9.17) is 16.4 Å². The number of hydrogen-bond donors (Lipinski definition) is 0. The average Bonchev–Trinajstić information content (AvgIpc) is 2.19. The monoisotopic (exact) mass is 172 g/mol. The third-order valence-electron chi connectivity index (χ3n) is 1.40. The Bertz CT molecular complexity index is 356. The van der Waals surface area contributed by atoms with Gasteiger partial charge in [-0.05, 0) is 13.0 Å². The molecule has 1 aromatic rings. The molecule has 1 heterocycles. The Hall–Kier alpha value is -2.00. The molecule has 0 aliphatic heterocycles. The van der Waals surface area contributed by atoms with E-state index >= 15 is 0 Å². The van der Waals surface area contributed by atoms with E-state index in [0.717, 1.165) is 0 Å². The lowest BCUT2D eigenvalue weighted by atomic mass is 10.3. The van der Waals surface area contributed by atoms with Crippen molar-refractivity contribution in [2.24, 2.45) is 0 Å². The number of nitrogens with zero attached hydrogens (tertiary/aromatic N) is 2. The van der Waals surface area contributed by atoms with Crippen LogP contribution in [0.4, 0.5) is 0 Å². The van der Waals surface area contributed by atoms with Gasteiger partial charge in [0.25, 0.3) is 0 Å². The first kappa shape index (κ1) is 9.09. The Morgan fingerprint density at radius 1 is 1.62 bits per heavy atom. The third-order valence-corrected chi connectivity index (χ3v) is 1.40. The van der Waals surface area contributed by atoms with Gasteiger partial charge in [0.2, 0.25) is 5.88 Å². The zero-order chi connectivity index (χ0) is 9.68. The normalized spacial score (nSPS) is 11.0. The predicted octanol–water partition coefficient (Wildman–Crippen LogP) is 1.35. The van der Waals surface area contributed by atoms with Crippen LogP contribution in [0, 0.1) is 23.7 Å². The highest BCUT2D eigenvalue weighted by Crippen LogP contribution is 2.08. The summed E-state index contributed by atoms with van der Waals surface area (Å²) in [5.41, 5.74) is 0.501. The number of aromatic nitrogens is 1. The maximum Gasteiger partial charge on any atom is 0.214 e. The van der Waals surface area contributed by atoms with Gasteiger partial charge in [0.1, 0.15) is 6.07 Å². The minimum absolute atomic E-state index is 0.305. The second-order valence-corrected chi connectivity index (χ2v) is 2.42. The number of pyridine rings is 1. The van der Waals surface area contributed by atoms with Crippen LogP contribution in [-0.4, -0.2) is 11.1 Å². The van der Waals surface area contributed by atoms with Gasteiger partial charge in [0.05, 0.1) is 5.56 Å². The van der Waals surface area contributed by atoms with Crippen LogP contribution >= 0.6 is 0 Å². The van der Waals surface area contributed by atoms with E-state index in [1.54, 1.807) is 19.1 Å². The Kier molecular flexibility index (Phi) is 2.89. The van der Waals surface area contributed by atoms with Gasteiger partial charge in [-0.3, -0.25) is 0 Å². The van der Waals surface area contributed by atoms with Crippen LogP contribution in [0.3, 0.4) is 0 Å². The summed E-state index contributed by atoms with van der Waals surface area (Å²) in [5.74, 6) is 2.85. The summed E-state index contributed by atoms with van der Waals surface area (Å²) in [6, 6.07) is 5.21. The van der Waals surface area contributed by atoms with E-state index in [0.29, 0.717) is 11.4 Å². The van der Waals surface area contributed by atoms with E-state index in [1.807, 2.05) is 6.07 Å². The molecule has 13 heavy (non-hydrogen) atoms. The molecule has 0 saturated heterocycles. The quantitative estimate of drug-likeness (QED) is 0.632. The highest BCUT2D eigenvalue weighted by molar-refractivity contribution is 5.28. The number of terminal acetylenes is 1. The van der Waals surface area contributed by atoms with Crippen molar-refractivity contribution in [3.63, 3.8) is 0 Å². The standard InChI is InChI=1S/C10H8N2O/c1-3-8(2)13-10-5-4-9(6-11)7-12-10/h1,4-5,7-8H,2H3. The van der Waals surface area contributed by atoms with Crippen molar-refractivity contribution >= 4 is 0 Å². The van der Waals surface area contributed by atoms with Crippen LogP contribution < -0.4 is 4.74 Å². The molecule has 0 aromatic carbocycles. The Labute approximate surface area is 77.0 Å². The predicted molar refractivity (Wildman–Crippen MR) is 47.9 cm³/mol. The Morgan fingerprint density at radius 2 is 2.38 bits per heavy atom. The van der Waals surface area contributed by atoms with Gasteiger partial charge in [0.15, 0.2) is 6.10 Å². The van der Waals surface area contributed by atoms with Gasteiger partial charge >= 0.3 is 0 Å². The molecule has 1 rings (SSSR count). The summed E-state index contributed by atoms with van der Waals surface area (Å²) >= 11 is 0. The molecule has 0 bridgehead atoms. The molecule has 0 fully saturated rings. The molecule has 0 N–H and O–H groups in total. The molecule has 1 unspecified atom stereocenters. The fourth-order valence-electron chi connectivity index (χ4n) is 0.731. The number of rotatable bonds is 2. The summed E-state index contributed by atoms with van der Waals surface area (Å²) < 4.78 is 5.21. The summed E-state index contributed by atoms with van der Waals surface area (Å²) in [4.78, 5) is 3.90. The largest absolute Gasteiger partial charge is 0.461 e. The van der Waals surface area contributed by atoms with Crippen molar-refractivity contribution in [1.29, 1.82) is 5.26 Å². The zero-order valence-electron chi connectivity index (χ0n) is 7.19. The van der Waals surface area contributed by atoms with Crippen molar-refractivity contribution in [1.82, 2.24) is 4.98 Å². The summed E-state index contributed by atoms with van der Waals surface area (Å²) in [6.07, 6.45) is 6.26. The summed E-state index contributed by atoms with van der Waals surface area (Å²) in [7, 11) is 0. The molecular formula is C10H8N2O. The molecule has 0 aliphatic rings. The first-order valence-electron chi connectivity index (χ1n) is 3.75. The summed E-state index contributed by atoms with van der Waals surface area (Å²) in [6.45, 7) is 1.75. The lowest BCUT2D eigenvalue weighted by Crippen LogP contribution is -2.08. The molecule has 1 aromatic heterocycles. The average molecular weight is 172 g/mol. The number of ether oxygens (including phenoxy) is 1. The fourth-order valence-corrected chi connectivity index (χ4v) is 0.731. The first-order chi connectivity index (χ1) is 6.26. The van der Waals surface area contributed by atoms with Crippen molar-refractivity contribution in [3.8, 4) is 24.3 Å². The maximum absolute atomic E-state index is 8.49. The van der Waals surface area contributed by atoms with Gasteiger partial charge in [-0.15, -0.1) is 6.42 Å². The molecule has 0 aliphatic carbocycles. The lowest BCUT2D eigenvalue weighted by molar-refractivity contribution is 0.268. The van der Waals surface area contributed by atoms with E-state index in [9.17, 15) is 0 Å². The van der Waals surface area contributed by atoms with Crippen molar-refractivity contribution in [3.05, 3.63) is 23.9 Å². The van der Waals surface area contributed by atoms with E-state index in [2.05, 4.69) is 10.9 Å². The van der Waals surface area contributed by atoms with E-state index < -0.39 is 0 Å². The van der Waals surface area contributed by atoms with Gasteiger partial charge in [-0.25, -0.2) is 4.98 Å². The van der Waals surface area contributed by atoms with Crippen LogP contribution in [0.2, 0.25) is 0 Å². The minimum atomic E-state index is -0.305. The molecule has 0 radical (unpaired) electrons. The van der Waals surface area contributed by atoms with E-state index in [1.165, 1.54) is 6.20 Å². The molecule has 1 atom stereocenters. The zero-order valence-corrected chi connectivity index (χ0v) is 7.19. The van der Waals surface area contributed by atoms with Gasteiger partial charge in [-0.1, -0.05) is 5.92 Å². The molecular weight excluding hydrogens is 164 g/mol. The van der Waals surface area contributed by atoms with Gasteiger partial charge in [-0.2, -0.15) is 5.26 Å². The molecule has 64 valence electrons. The van der Waals surface area contributed by atoms with Gasteiger partial charge < -0.3 is 4.74 Å². The van der Waals surface area contributed by atoms with Crippen molar-refractivity contribution < 1.29 is 4.74 Å². The minimum Gasteiger partial charge on any atom is -0.461 e. The number of hydrogen-bond acceptors (Lipinski definition) is 3. The van der Waals surface area contributed by atoms with Gasteiger partial charge in [0, 0.05) is 12.3 Å². The lowest BCUT2D eigenvalue weighted by Gasteiger charge is -2.06. The Balaban J connectivity index is 2.72. The molecule has 0 amide bonds. The first-order valence-corrected chi connectivity index (χ1v) is 3.75. The molecule has 3 nitrogen and oxygen atoms in total. The van der Waals surface area contributed by atoms with Crippen LogP contribution in [0.1, 0.15) is 12.5 Å². The highest BCUT2D eigenvalue weighted by Gasteiger charge is 1.99. The molecule has 0 saturated carbocycles. The topological polar surface area (TPSA) is 45.9 Å². The van der Waals surface area contributed by atoms with Crippen LogP contribution in [0.5, 0.6) is 5.88 Å². The maximum atomic E-state index is 8.49. The SMILES string of the molecule is C#CC(C)Oc1ccc(C#N)cn1. The van der Waals surface area contributed by atoms with Crippen LogP contribution in [-0.2, 0) is 0 Å². The molecule has 3 heteroatoms. The van der Waals surface area contributed by atoms with Crippen LogP contribution in [0.15, 0.2) is 18.3 Å². The van der Waals surface area contributed by atoms with Crippen molar-refractivity contribution in [2.75, 3.05) is 0 Å². The second kappa shape index (κ2) is 4.13. The number of nitriles is 1. The highest BCUT2D eigenvalue weighted by atomic mass is 16.5. The Morgan fingerprint density at radius 3 is 2.85 bits per heavy atom. The molecule has 0 spiro atoms. The fraction of sp³-hybridized carbons (Fsp3) is 0.200. The third kappa shape index (κ3) is 2.50. The smallest absolute Gasteiger partial charge is 0.214 e. The second-order valence-electron chi connectivity index (χ2n) is 2.42.